The zero-order chi connectivity index (χ0) is 12.8. The zero-order valence-corrected chi connectivity index (χ0v) is 11.8. The van der Waals surface area contributed by atoms with Gasteiger partial charge in [0.15, 0.2) is 0 Å². The summed E-state index contributed by atoms with van der Waals surface area (Å²) in [4.78, 5) is 15.9. The van der Waals surface area contributed by atoms with Gasteiger partial charge in [0.05, 0.1) is 17.4 Å². The highest BCUT2D eigenvalue weighted by molar-refractivity contribution is 6.79. The molecule has 0 radical (unpaired) electrons. The van der Waals surface area contributed by atoms with E-state index in [4.69, 9.17) is 4.98 Å². The summed E-state index contributed by atoms with van der Waals surface area (Å²) in [7, 11) is -1.44. The van der Waals surface area contributed by atoms with Gasteiger partial charge in [0.25, 0.3) is 0 Å². The number of para-hydroxylation sites is 1. The van der Waals surface area contributed by atoms with Crippen LogP contribution in [0.5, 0.6) is 0 Å². The Labute approximate surface area is 107 Å². The lowest BCUT2D eigenvalue weighted by atomic mass is 10.2. The van der Waals surface area contributed by atoms with Crippen molar-refractivity contribution in [1.29, 1.82) is 0 Å². The van der Waals surface area contributed by atoms with Crippen molar-refractivity contribution in [3.8, 4) is 0 Å². The van der Waals surface area contributed by atoms with Crippen molar-refractivity contribution < 1.29 is 0 Å². The Balaban J connectivity index is 2.32. The lowest BCUT2D eigenvalue weighted by Crippen LogP contribution is -2.32. The predicted octanol–water partition coefficient (Wildman–Crippen LogP) is 3.36. The summed E-state index contributed by atoms with van der Waals surface area (Å²) < 4.78 is 0. The van der Waals surface area contributed by atoms with Gasteiger partial charge in [-0.2, -0.15) is 0 Å². The van der Waals surface area contributed by atoms with Crippen LogP contribution in [0.1, 0.15) is 0 Å². The van der Waals surface area contributed by atoms with Gasteiger partial charge in [-0.1, -0.05) is 37.8 Å². The molecule has 0 amide bonds. The van der Waals surface area contributed by atoms with E-state index >= 15 is 0 Å². The number of rotatable bonds is 2. The number of benzene rings is 1. The molecule has 1 aromatic carbocycles. The fraction of sp³-hybridized carbons (Fsp3) is 0.231. The zero-order valence-electron chi connectivity index (χ0n) is 10.8. The van der Waals surface area contributed by atoms with Gasteiger partial charge < -0.3 is 9.97 Å². The van der Waals surface area contributed by atoms with E-state index in [0.29, 0.717) is 0 Å². The van der Waals surface area contributed by atoms with E-state index in [1.54, 1.807) is 6.33 Å². The maximum Gasteiger partial charge on any atom is 0.147 e. The van der Waals surface area contributed by atoms with Crippen molar-refractivity contribution in [1.82, 2.24) is 15.0 Å². The molecule has 92 valence electrons. The number of aromatic nitrogens is 3. The van der Waals surface area contributed by atoms with Gasteiger partial charge >= 0.3 is 0 Å². The fourth-order valence-electron chi connectivity index (χ4n) is 2.08. The second kappa shape index (κ2) is 3.81. The van der Waals surface area contributed by atoms with E-state index in [1.807, 2.05) is 18.2 Å². The van der Waals surface area contributed by atoms with Gasteiger partial charge in [-0.15, -0.1) is 0 Å². The first-order chi connectivity index (χ1) is 8.54. The maximum atomic E-state index is 4.70. The predicted molar refractivity (Wildman–Crippen MR) is 78.4 cm³/mol. The molecule has 0 aliphatic carbocycles. The van der Waals surface area contributed by atoms with Crippen LogP contribution in [0.3, 0.4) is 0 Å². The van der Waals surface area contributed by atoms with Crippen molar-refractivity contribution >= 4 is 36.0 Å². The second-order valence-corrected chi connectivity index (χ2v) is 10.2. The molecule has 2 aromatic heterocycles. The Morgan fingerprint density at radius 1 is 1.17 bits per heavy atom. The highest BCUT2D eigenvalue weighted by atomic mass is 28.3. The molecule has 0 atom stereocenters. The molecule has 0 aliphatic heterocycles. The number of pyridine rings is 1. The number of imidazole rings is 1. The highest BCUT2D eigenvalue weighted by Gasteiger charge is 2.17. The van der Waals surface area contributed by atoms with Gasteiger partial charge in [0.1, 0.15) is 19.6 Å². The minimum atomic E-state index is -1.44. The molecule has 0 saturated heterocycles. The maximum absolute atomic E-state index is 4.70. The molecule has 3 aromatic rings. The number of anilines is 1. The lowest BCUT2D eigenvalue weighted by Gasteiger charge is -2.19. The summed E-state index contributed by atoms with van der Waals surface area (Å²) in [6.07, 6.45) is 1.73. The first-order valence-electron chi connectivity index (χ1n) is 6.05. The van der Waals surface area contributed by atoms with Crippen molar-refractivity contribution in [2.75, 3.05) is 4.98 Å². The first kappa shape index (κ1) is 11.2. The summed E-state index contributed by atoms with van der Waals surface area (Å²) in [5.41, 5.74) is 2.98. The molecule has 0 unspecified atom stereocenters. The Hall–Kier alpha value is -1.88. The normalized spacial score (nSPS) is 12.2. The van der Waals surface area contributed by atoms with E-state index in [2.05, 4.69) is 40.7 Å². The second-order valence-electron chi connectivity index (χ2n) is 5.48. The largest absolute Gasteiger partial charge is 0.394 e. The summed E-state index contributed by atoms with van der Waals surface area (Å²) >= 11 is 0. The van der Waals surface area contributed by atoms with E-state index < -0.39 is 8.24 Å². The van der Waals surface area contributed by atoms with Gasteiger partial charge in [0.2, 0.25) is 0 Å². The van der Waals surface area contributed by atoms with Crippen molar-refractivity contribution in [3.05, 3.63) is 30.6 Å². The molecule has 2 N–H and O–H groups in total. The Kier molecular flexibility index (Phi) is 2.38. The third-order valence-corrected chi connectivity index (χ3v) is 3.75. The van der Waals surface area contributed by atoms with Crippen LogP contribution in [-0.4, -0.2) is 23.2 Å². The first-order valence-corrected chi connectivity index (χ1v) is 9.55. The number of hydrogen-bond donors (Lipinski definition) is 2. The third-order valence-electron chi connectivity index (χ3n) is 2.76. The lowest BCUT2D eigenvalue weighted by molar-refractivity contribution is 1.34. The van der Waals surface area contributed by atoms with E-state index in [1.165, 1.54) is 0 Å². The SMILES string of the molecule is C[Si](C)(C)Nc1nc2ccccc2c2[nH]cnc12. The molecule has 0 fully saturated rings. The Bertz CT molecular complexity index is 712. The summed E-state index contributed by atoms with van der Waals surface area (Å²) in [5, 5.41) is 1.12. The molecule has 3 rings (SSSR count). The molecule has 0 saturated carbocycles. The van der Waals surface area contributed by atoms with Crippen LogP contribution in [0.2, 0.25) is 19.6 Å². The fourth-order valence-corrected chi connectivity index (χ4v) is 2.96. The summed E-state index contributed by atoms with van der Waals surface area (Å²) in [5.74, 6) is 0.893. The highest BCUT2D eigenvalue weighted by Crippen LogP contribution is 2.27. The number of H-pyrrole nitrogens is 1. The van der Waals surface area contributed by atoms with Gasteiger partial charge in [-0.05, 0) is 6.07 Å². The average Bonchev–Trinajstić information content (AvgIpc) is 2.76. The van der Waals surface area contributed by atoms with E-state index in [0.717, 1.165) is 27.8 Å². The number of nitrogens with one attached hydrogen (secondary N) is 2. The molecule has 5 heteroatoms. The standard InChI is InChI=1S/C13H16N4Si/c1-18(2,3)17-13-12-11(14-8-15-12)9-6-4-5-7-10(9)16-13/h4-8H,1-3H3,(H,14,15)(H,16,17). The van der Waals surface area contributed by atoms with Crippen LogP contribution in [0.15, 0.2) is 30.6 Å². The van der Waals surface area contributed by atoms with Gasteiger partial charge in [-0.25, -0.2) is 9.97 Å². The monoisotopic (exact) mass is 256 g/mol. The molecule has 18 heavy (non-hydrogen) atoms. The van der Waals surface area contributed by atoms with Crippen molar-refractivity contribution in [3.63, 3.8) is 0 Å². The molecule has 4 nitrogen and oxygen atoms in total. The minimum Gasteiger partial charge on any atom is -0.394 e. The molecule has 2 heterocycles. The van der Waals surface area contributed by atoms with Gasteiger partial charge in [0, 0.05) is 5.39 Å². The van der Waals surface area contributed by atoms with Crippen LogP contribution in [0, 0.1) is 0 Å². The quantitative estimate of drug-likeness (QED) is 0.691. The minimum absolute atomic E-state index is 0.893. The van der Waals surface area contributed by atoms with Crippen molar-refractivity contribution in [2.24, 2.45) is 0 Å². The topological polar surface area (TPSA) is 53.6 Å². The van der Waals surface area contributed by atoms with Crippen LogP contribution in [-0.2, 0) is 0 Å². The van der Waals surface area contributed by atoms with Crippen molar-refractivity contribution in [2.45, 2.75) is 19.6 Å². The number of nitrogens with zero attached hydrogens (tertiary/aromatic N) is 2. The van der Waals surface area contributed by atoms with Gasteiger partial charge in [-0.3, -0.25) is 0 Å². The molecular weight excluding hydrogens is 240 g/mol. The number of fused-ring (bicyclic) bond motifs is 3. The molecule has 0 aliphatic rings. The van der Waals surface area contributed by atoms with Crippen LogP contribution in [0.25, 0.3) is 21.9 Å². The number of aromatic amines is 1. The summed E-state index contributed by atoms with van der Waals surface area (Å²) in [6, 6.07) is 8.14. The molecule has 0 spiro atoms. The van der Waals surface area contributed by atoms with E-state index in [9.17, 15) is 0 Å². The smallest absolute Gasteiger partial charge is 0.147 e. The van der Waals surface area contributed by atoms with Crippen LogP contribution < -0.4 is 4.98 Å². The third kappa shape index (κ3) is 1.86. The molecular formula is C13H16N4Si. The van der Waals surface area contributed by atoms with Crippen LogP contribution >= 0.6 is 0 Å². The summed E-state index contributed by atoms with van der Waals surface area (Å²) in [6.45, 7) is 6.76. The Morgan fingerprint density at radius 3 is 2.72 bits per heavy atom. The average molecular weight is 256 g/mol. The van der Waals surface area contributed by atoms with Crippen LogP contribution in [0.4, 0.5) is 5.82 Å². The number of hydrogen-bond acceptors (Lipinski definition) is 3. The Morgan fingerprint density at radius 2 is 1.94 bits per heavy atom. The van der Waals surface area contributed by atoms with E-state index in [-0.39, 0.29) is 0 Å². The molecule has 0 bridgehead atoms.